The van der Waals surface area contributed by atoms with Crippen molar-refractivity contribution in [2.45, 2.75) is 33.6 Å². The Balaban J connectivity index is 3.00. The van der Waals surface area contributed by atoms with Gasteiger partial charge in [-0.15, -0.1) is 0 Å². The second-order valence-electron chi connectivity index (χ2n) is 4.85. The minimum absolute atomic E-state index is 0.0926. The number of ketones is 1. The van der Waals surface area contributed by atoms with Gasteiger partial charge in [0.2, 0.25) is 5.76 Å². The largest absolute Gasteiger partial charge is 0.507 e. The smallest absolute Gasteiger partial charge is 0.374 e. The summed E-state index contributed by atoms with van der Waals surface area (Å²) in [6.45, 7) is 6.11. The Labute approximate surface area is 134 Å². The van der Waals surface area contributed by atoms with Crippen LogP contribution in [0, 0.1) is 0 Å². The maximum Gasteiger partial charge on any atom is 0.374 e. The zero-order chi connectivity index (χ0) is 17.4. The van der Waals surface area contributed by atoms with E-state index in [4.69, 9.17) is 4.42 Å². The molecule has 1 rings (SSSR count). The number of rotatable bonds is 8. The van der Waals surface area contributed by atoms with Crippen LogP contribution in [0.2, 0.25) is 0 Å². The van der Waals surface area contributed by atoms with Gasteiger partial charge in [-0.3, -0.25) is 4.79 Å². The molecule has 0 aliphatic heterocycles. The fourth-order valence-corrected chi connectivity index (χ4v) is 1.79. The lowest BCUT2D eigenvalue weighted by Crippen LogP contribution is -2.18. The molecule has 1 aromatic heterocycles. The Hall–Kier alpha value is -2.57. The van der Waals surface area contributed by atoms with Crippen molar-refractivity contribution in [1.82, 2.24) is 5.32 Å². The highest BCUT2D eigenvalue weighted by atomic mass is 16.5. The molecular formula is C16H21NO6. The van der Waals surface area contributed by atoms with Crippen molar-refractivity contribution in [3.63, 3.8) is 0 Å². The summed E-state index contributed by atoms with van der Waals surface area (Å²) >= 11 is 0. The first-order valence-electron chi connectivity index (χ1n) is 7.41. The Bertz CT molecular complexity index is 659. The van der Waals surface area contributed by atoms with E-state index in [0.29, 0.717) is 12.2 Å². The Morgan fingerprint density at radius 1 is 1.39 bits per heavy atom. The van der Waals surface area contributed by atoms with Crippen LogP contribution in [0.25, 0.3) is 0 Å². The summed E-state index contributed by atoms with van der Waals surface area (Å²) in [4.78, 5) is 35.4. The zero-order valence-electron chi connectivity index (χ0n) is 13.5. The van der Waals surface area contributed by atoms with E-state index < -0.39 is 34.5 Å². The van der Waals surface area contributed by atoms with E-state index in [1.165, 1.54) is 6.08 Å². The van der Waals surface area contributed by atoms with Gasteiger partial charge in [-0.25, -0.2) is 9.59 Å². The molecule has 0 unspecified atom stereocenters. The number of carbonyl (C=O) groups excluding carboxylic acids is 2. The monoisotopic (exact) mass is 323 g/mol. The summed E-state index contributed by atoms with van der Waals surface area (Å²) in [6.07, 6.45) is 3.15. The molecule has 1 heterocycles. The number of carbonyl (C=O) groups is 2. The average molecular weight is 323 g/mol. The highest BCUT2D eigenvalue weighted by Crippen LogP contribution is 2.17. The summed E-state index contributed by atoms with van der Waals surface area (Å²) in [5.41, 5.74) is -1.04. The van der Waals surface area contributed by atoms with Crippen LogP contribution in [0.1, 0.15) is 54.5 Å². The molecule has 7 heteroatoms. The number of hydrogen-bond donors (Lipinski definition) is 2. The van der Waals surface area contributed by atoms with Crippen LogP contribution in [0.5, 0.6) is 5.75 Å². The highest BCUT2D eigenvalue weighted by Gasteiger charge is 2.21. The first kappa shape index (κ1) is 18.5. The van der Waals surface area contributed by atoms with Gasteiger partial charge in [0.25, 0.3) is 0 Å². The SMILES string of the molecule is CCCCNC(C)=CC(=O)c1c(O)cc(C(=O)OCC)oc1=O. The molecular weight excluding hydrogens is 302 g/mol. The predicted molar refractivity (Wildman–Crippen MR) is 83.6 cm³/mol. The molecule has 0 fully saturated rings. The van der Waals surface area contributed by atoms with Crippen LogP contribution in [0.3, 0.4) is 0 Å². The first-order chi connectivity index (χ1) is 10.9. The first-order valence-corrected chi connectivity index (χ1v) is 7.41. The summed E-state index contributed by atoms with van der Waals surface area (Å²) < 4.78 is 9.41. The molecule has 0 radical (unpaired) electrons. The molecule has 126 valence electrons. The molecule has 0 saturated carbocycles. The third-order valence-electron chi connectivity index (χ3n) is 2.94. The molecule has 0 aliphatic carbocycles. The van der Waals surface area contributed by atoms with Crippen LogP contribution in [-0.4, -0.2) is 30.0 Å². The van der Waals surface area contributed by atoms with E-state index in [1.807, 2.05) is 6.92 Å². The third kappa shape index (κ3) is 5.28. The van der Waals surface area contributed by atoms with Gasteiger partial charge in [0.1, 0.15) is 11.3 Å². The van der Waals surface area contributed by atoms with Crippen LogP contribution in [0.4, 0.5) is 0 Å². The van der Waals surface area contributed by atoms with Crippen molar-refractivity contribution in [3.05, 3.63) is 39.6 Å². The topological polar surface area (TPSA) is 106 Å². The van der Waals surface area contributed by atoms with Crippen molar-refractivity contribution >= 4 is 11.8 Å². The van der Waals surface area contributed by atoms with Crippen LogP contribution < -0.4 is 10.9 Å². The molecule has 1 aromatic rings. The summed E-state index contributed by atoms with van der Waals surface area (Å²) in [5.74, 6) is -2.65. The summed E-state index contributed by atoms with van der Waals surface area (Å²) in [5, 5.41) is 12.9. The van der Waals surface area contributed by atoms with E-state index in [1.54, 1.807) is 13.8 Å². The molecule has 2 N–H and O–H groups in total. The molecule has 0 saturated heterocycles. The number of ether oxygens (including phenoxy) is 1. The van der Waals surface area contributed by atoms with Gasteiger partial charge in [-0.2, -0.15) is 0 Å². The summed E-state index contributed by atoms with van der Waals surface area (Å²) in [6, 6.07) is 0.903. The fraction of sp³-hybridized carbons (Fsp3) is 0.438. The van der Waals surface area contributed by atoms with Gasteiger partial charge >= 0.3 is 11.6 Å². The number of hydrogen-bond acceptors (Lipinski definition) is 7. The van der Waals surface area contributed by atoms with Gasteiger partial charge in [0, 0.05) is 24.4 Å². The van der Waals surface area contributed by atoms with Crippen molar-refractivity contribution in [2.24, 2.45) is 0 Å². The minimum atomic E-state index is -1.09. The second-order valence-corrected chi connectivity index (χ2v) is 4.85. The lowest BCUT2D eigenvalue weighted by atomic mass is 10.1. The number of unbranched alkanes of at least 4 members (excludes halogenated alkanes) is 1. The number of aromatic hydroxyl groups is 1. The second kappa shape index (κ2) is 8.77. The number of esters is 1. The van der Waals surface area contributed by atoms with Crippen LogP contribution in [0.15, 0.2) is 27.1 Å². The lowest BCUT2D eigenvalue weighted by molar-refractivity contribution is 0.0482. The lowest BCUT2D eigenvalue weighted by Gasteiger charge is -2.06. The van der Waals surface area contributed by atoms with Crippen molar-refractivity contribution in [1.29, 1.82) is 0 Å². The number of allylic oxidation sites excluding steroid dienone is 2. The van der Waals surface area contributed by atoms with Crippen molar-refractivity contribution in [2.75, 3.05) is 13.2 Å². The number of nitrogens with one attached hydrogen (secondary N) is 1. The Morgan fingerprint density at radius 2 is 2.09 bits per heavy atom. The van der Waals surface area contributed by atoms with E-state index in [9.17, 15) is 19.5 Å². The predicted octanol–water partition coefficient (Wildman–Crippen LogP) is 2.00. The van der Waals surface area contributed by atoms with Crippen molar-refractivity contribution < 1.29 is 23.8 Å². The quantitative estimate of drug-likeness (QED) is 0.326. The van der Waals surface area contributed by atoms with Crippen LogP contribution in [-0.2, 0) is 4.74 Å². The van der Waals surface area contributed by atoms with Crippen LogP contribution >= 0.6 is 0 Å². The van der Waals surface area contributed by atoms with E-state index >= 15 is 0 Å². The fourth-order valence-electron chi connectivity index (χ4n) is 1.79. The van der Waals surface area contributed by atoms with Gasteiger partial charge < -0.3 is 19.6 Å². The Kier molecular flexibility index (Phi) is 7.05. The highest BCUT2D eigenvalue weighted by molar-refractivity contribution is 6.06. The van der Waals surface area contributed by atoms with Crippen molar-refractivity contribution in [3.8, 4) is 5.75 Å². The molecule has 7 nitrogen and oxygen atoms in total. The van der Waals surface area contributed by atoms with Gasteiger partial charge in [-0.1, -0.05) is 13.3 Å². The average Bonchev–Trinajstić information content (AvgIpc) is 2.46. The van der Waals surface area contributed by atoms with E-state index in [0.717, 1.165) is 18.9 Å². The normalized spacial score (nSPS) is 11.2. The van der Waals surface area contributed by atoms with Gasteiger partial charge in [0.15, 0.2) is 5.78 Å². The molecule has 0 aromatic carbocycles. The molecule has 0 bridgehead atoms. The maximum atomic E-state index is 12.1. The molecule has 23 heavy (non-hydrogen) atoms. The van der Waals surface area contributed by atoms with E-state index in [2.05, 4.69) is 10.1 Å². The Morgan fingerprint density at radius 3 is 2.65 bits per heavy atom. The zero-order valence-corrected chi connectivity index (χ0v) is 13.5. The molecule has 0 spiro atoms. The molecule has 0 aliphatic rings. The molecule has 0 amide bonds. The third-order valence-corrected chi connectivity index (χ3v) is 2.94. The molecule has 0 atom stereocenters. The van der Waals surface area contributed by atoms with Gasteiger partial charge in [-0.05, 0) is 20.3 Å². The minimum Gasteiger partial charge on any atom is -0.507 e. The van der Waals surface area contributed by atoms with Gasteiger partial charge in [0.05, 0.1) is 6.61 Å². The van der Waals surface area contributed by atoms with E-state index in [-0.39, 0.29) is 6.61 Å². The summed E-state index contributed by atoms with van der Waals surface area (Å²) in [7, 11) is 0. The maximum absolute atomic E-state index is 12.1. The standard InChI is InChI=1S/C16H21NO6/c1-4-6-7-17-10(3)8-11(18)14-12(19)9-13(23-16(14)21)15(20)22-5-2/h8-9,17,19H,4-7H2,1-3H3.